The minimum absolute atomic E-state index is 0.206. The summed E-state index contributed by atoms with van der Waals surface area (Å²) in [6.45, 7) is 0.891. The van der Waals surface area contributed by atoms with Crippen LogP contribution in [0.15, 0.2) is 84.9 Å². The number of fused-ring (bicyclic) bond motifs is 1. The van der Waals surface area contributed by atoms with Gasteiger partial charge in [-0.25, -0.2) is 0 Å². The van der Waals surface area contributed by atoms with Crippen LogP contribution in [0.1, 0.15) is 23.8 Å². The first-order valence-electron chi connectivity index (χ1n) is 11.2. The Kier molecular flexibility index (Phi) is 6.88. The third kappa shape index (κ3) is 5.37. The number of methoxy groups -OCH3 is 1. The number of hydrogen-bond acceptors (Lipinski definition) is 6. The van der Waals surface area contributed by atoms with Crippen molar-refractivity contribution in [1.29, 1.82) is 0 Å². The molecule has 0 aliphatic carbocycles. The standard InChI is InChI=1S/C27H28O6/c1-28-21-12-14-22(15-13-21)31-25-16-23(29-17-19-8-4-2-5-9-19)26-24(32-25)18-30-27(33-26)20-10-6-3-7-11-20/h2-15,23-27H,16-18H2,1H3/t23?,24?,25-,26-,27?/m0/s1. The predicted octanol–water partition coefficient (Wildman–Crippen LogP) is 4.89. The first kappa shape index (κ1) is 21.9. The Morgan fingerprint density at radius 1 is 0.818 bits per heavy atom. The van der Waals surface area contributed by atoms with Gasteiger partial charge in [-0.05, 0) is 29.8 Å². The van der Waals surface area contributed by atoms with E-state index in [0.29, 0.717) is 25.4 Å². The average Bonchev–Trinajstić information content (AvgIpc) is 2.88. The third-order valence-electron chi connectivity index (χ3n) is 5.88. The normalized spacial score (nSPS) is 26.9. The molecule has 0 amide bonds. The van der Waals surface area contributed by atoms with Crippen molar-refractivity contribution < 1.29 is 28.4 Å². The molecule has 3 aromatic carbocycles. The molecule has 0 aromatic heterocycles. The second kappa shape index (κ2) is 10.4. The van der Waals surface area contributed by atoms with Gasteiger partial charge in [0.05, 0.1) is 26.4 Å². The van der Waals surface area contributed by atoms with Gasteiger partial charge in [-0.15, -0.1) is 0 Å². The van der Waals surface area contributed by atoms with Crippen LogP contribution in [0.3, 0.4) is 0 Å². The molecule has 3 unspecified atom stereocenters. The topological polar surface area (TPSA) is 55.4 Å². The van der Waals surface area contributed by atoms with E-state index in [9.17, 15) is 0 Å². The van der Waals surface area contributed by atoms with Crippen LogP contribution in [-0.2, 0) is 25.6 Å². The summed E-state index contributed by atoms with van der Waals surface area (Å²) in [5, 5.41) is 0. The molecule has 3 aromatic rings. The Labute approximate surface area is 193 Å². The molecular formula is C27H28O6. The monoisotopic (exact) mass is 448 g/mol. The molecule has 6 nitrogen and oxygen atoms in total. The van der Waals surface area contributed by atoms with Crippen LogP contribution < -0.4 is 9.47 Å². The SMILES string of the molecule is COc1ccc(O[C@@H]2CC(OCc3ccccc3)[C@@H]3OC(c4ccccc4)OCC3O2)cc1. The van der Waals surface area contributed by atoms with E-state index >= 15 is 0 Å². The van der Waals surface area contributed by atoms with Crippen molar-refractivity contribution in [2.24, 2.45) is 0 Å². The van der Waals surface area contributed by atoms with Gasteiger partial charge in [0, 0.05) is 12.0 Å². The van der Waals surface area contributed by atoms with Crippen molar-refractivity contribution in [2.45, 2.75) is 43.9 Å². The minimum Gasteiger partial charge on any atom is -0.497 e. The lowest BCUT2D eigenvalue weighted by atomic mass is 9.99. The van der Waals surface area contributed by atoms with Crippen LogP contribution in [0.25, 0.3) is 0 Å². The van der Waals surface area contributed by atoms with E-state index in [-0.39, 0.29) is 18.3 Å². The van der Waals surface area contributed by atoms with Gasteiger partial charge in [0.15, 0.2) is 6.29 Å². The summed E-state index contributed by atoms with van der Waals surface area (Å²) in [5.41, 5.74) is 2.09. The number of ether oxygens (including phenoxy) is 6. The smallest absolute Gasteiger partial charge is 0.202 e. The lowest BCUT2D eigenvalue weighted by Gasteiger charge is -2.45. The van der Waals surface area contributed by atoms with Gasteiger partial charge >= 0.3 is 0 Å². The molecule has 5 rings (SSSR count). The van der Waals surface area contributed by atoms with Crippen LogP contribution in [0, 0.1) is 0 Å². The molecule has 172 valence electrons. The quantitative estimate of drug-likeness (QED) is 0.513. The summed E-state index contributed by atoms with van der Waals surface area (Å²) in [4.78, 5) is 0. The second-order valence-corrected chi connectivity index (χ2v) is 8.14. The zero-order valence-electron chi connectivity index (χ0n) is 18.5. The molecule has 0 saturated carbocycles. The molecule has 2 saturated heterocycles. The molecule has 2 aliphatic rings. The van der Waals surface area contributed by atoms with Crippen molar-refractivity contribution in [1.82, 2.24) is 0 Å². The minimum atomic E-state index is -0.471. The summed E-state index contributed by atoms with van der Waals surface area (Å²) in [6, 6.07) is 27.5. The van der Waals surface area contributed by atoms with Crippen LogP contribution in [0.2, 0.25) is 0 Å². The number of rotatable bonds is 7. The summed E-state index contributed by atoms with van der Waals surface area (Å²) in [7, 11) is 1.64. The largest absolute Gasteiger partial charge is 0.497 e. The van der Waals surface area contributed by atoms with E-state index in [2.05, 4.69) is 12.1 Å². The van der Waals surface area contributed by atoms with E-state index in [1.165, 1.54) is 0 Å². The van der Waals surface area contributed by atoms with Crippen LogP contribution in [-0.4, -0.2) is 38.3 Å². The zero-order chi connectivity index (χ0) is 22.5. The van der Waals surface area contributed by atoms with Gasteiger partial charge in [-0.3, -0.25) is 0 Å². The third-order valence-corrected chi connectivity index (χ3v) is 5.88. The van der Waals surface area contributed by atoms with E-state index < -0.39 is 12.6 Å². The van der Waals surface area contributed by atoms with E-state index in [0.717, 1.165) is 16.9 Å². The Morgan fingerprint density at radius 2 is 1.52 bits per heavy atom. The Morgan fingerprint density at radius 3 is 2.24 bits per heavy atom. The summed E-state index contributed by atoms with van der Waals surface area (Å²) < 4.78 is 36.3. The molecule has 2 fully saturated rings. The van der Waals surface area contributed by atoms with Crippen LogP contribution >= 0.6 is 0 Å². The highest BCUT2D eigenvalue weighted by Gasteiger charge is 2.45. The van der Waals surface area contributed by atoms with Crippen molar-refractivity contribution in [3.05, 3.63) is 96.1 Å². The summed E-state index contributed by atoms with van der Waals surface area (Å²) >= 11 is 0. The Bertz CT molecular complexity index is 994. The Hall–Kier alpha value is -2.90. The maximum atomic E-state index is 6.37. The Balaban J connectivity index is 1.31. The molecule has 0 bridgehead atoms. The zero-order valence-corrected chi connectivity index (χ0v) is 18.5. The van der Waals surface area contributed by atoms with Crippen LogP contribution in [0.4, 0.5) is 0 Å². The van der Waals surface area contributed by atoms with Gasteiger partial charge in [0.2, 0.25) is 6.29 Å². The van der Waals surface area contributed by atoms with Gasteiger partial charge in [-0.1, -0.05) is 60.7 Å². The van der Waals surface area contributed by atoms with Gasteiger partial charge in [-0.2, -0.15) is 0 Å². The van der Waals surface area contributed by atoms with Crippen molar-refractivity contribution in [3.8, 4) is 11.5 Å². The fourth-order valence-corrected chi connectivity index (χ4v) is 4.17. The summed E-state index contributed by atoms with van der Waals surface area (Å²) in [5.74, 6) is 1.48. The maximum absolute atomic E-state index is 6.37. The highest BCUT2D eigenvalue weighted by atomic mass is 16.7. The molecule has 2 aliphatic heterocycles. The van der Waals surface area contributed by atoms with E-state index in [1.54, 1.807) is 7.11 Å². The second-order valence-electron chi connectivity index (χ2n) is 8.14. The molecule has 5 atom stereocenters. The predicted molar refractivity (Wildman–Crippen MR) is 122 cm³/mol. The molecule has 0 spiro atoms. The van der Waals surface area contributed by atoms with E-state index in [4.69, 9.17) is 28.4 Å². The first-order valence-corrected chi connectivity index (χ1v) is 11.2. The number of hydrogen-bond donors (Lipinski definition) is 0. The molecule has 2 heterocycles. The lowest BCUT2D eigenvalue weighted by molar-refractivity contribution is -0.332. The van der Waals surface area contributed by atoms with Crippen molar-refractivity contribution >= 4 is 0 Å². The first-order chi connectivity index (χ1) is 16.3. The van der Waals surface area contributed by atoms with Gasteiger partial charge in [0.25, 0.3) is 0 Å². The van der Waals surface area contributed by atoms with Gasteiger partial charge < -0.3 is 28.4 Å². The molecule has 0 radical (unpaired) electrons. The molecule has 33 heavy (non-hydrogen) atoms. The fourth-order valence-electron chi connectivity index (χ4n) is 4.17. The highest BCUT2D eigenvalue weighted by molar-refractivity contribution is 5.31. The van der Waals surface area contributed by atoms with Crippen LogP contribution in [0.5, 0.6) is 11.5 Å². The maximum Gasteiger partial charge on any atom is 0.202 e. The average molecular weight is 449 g/mol. The molecule has 0 N–H and O–H groups in total. The van der Waals surface area contributed by atoms with Gasteiger partial charge in [0.1, 0.15) is 23.7 Å². The van der Waals surface area contributed by atoms with Crippen molar-refractivity contribution in [2.75, 3.05) is 13.7 Å². The molecular weight excluding hydrogens is 420 g/mol. The highest BCUT2D eigenvalue weighted by Crippen LogP contribution is 2.36. The molecule has 6 heteroatoms. The lowest BCUT2D eigenvalue weighted by Crippen LogP contribution is -2.56. The summed E-state index contributed by atoms with van der Waals surface area (Å²) in [6.07, 6.45) is -1.13. The van der Waals surface area contributed by atoms with E-state index in [1.807, 2.05) is 72.8 Å². The fraction of sp³-hybridized carbons (Fsp3) is 0.333. The van der Waals surface area contributed by atoms with Crippen molar-refractivity contribution in [3.63, 3.8) is 0 Å². The number of benzene rings is 3.